The lowest BCUT2D eigenvalue weighted by atomic mass is 9.87. The predicted molar refractivity (Wildman–Crippen MR) is 57.2 cm³/mol. The number of ether oxygens (including phenoxy) is 1. The van der Waals surface area contributed by atoms with Crippen LogP contribution in [0.1, 0.15) is 25.3 Å². The van der Waals surface area contributed by atoms with Gasteiger partial charge in [-0.2, -0.15) is 0 Å². The smallest absolute Gasteiger partial charge is 0.124 e. The van der Waals surface area contributed by atoms with Crippen LogP contribution in [0, 0.1) is 11.7 Å². The van der Waals surface area contributed by atoms with Crippen LogP contribution in [0.2, 0.25) is 0 Å². The normalized spacial score (nSPS) is 19.7. The summed E-state index contributed by atoms with van der Waals surface area (Å²) in [4.78, 5) is 0. The molecule has 1 aliphatic rings. The molecule has 1 aliphatic carbocycles. The number of benzene rings is 1. The van der Waals surface area contributed by atoms with E-state index < -0.39 is 5.54 Å². The maximum Gasteiger partial charge on any atom is 0.124 e. The van der Waals surface area contributed by atoms with Gasteiger partial charge in [0.25, 0.3) is 0 Å². The number of halogens is 1. The molecule has 2 N–H and O–H groups in total. The number of methoxy groups -OCH3 is 1. The highest BCUT2D eigenvalue weighted by Gasteiger charge is 2.41. The molecule has 0 bridgehead atoms. The first-order valence-electron chi connectivity index (χ1n) is 5.18. The molecule has 1 unspecified atom stereocenters. The topological polar surface area (TPSA) is 35.2 Å². The Morgan fingerprint density at radius 1 is 1.47 bits per heavy atom. The van der Waals surface area contributed by atoms with E-state index >= 15 is 0 Å². The highest BCUT2D eigenvalue weighted by Crippen LogP contribution is 2.46. The third-order valence-electron chi connectivity index (χ3n) is 3.17. The molecule has 0 spiro atoms. The van der Waals surface area contributed by atoms with E-state index in [0.717, 1.165) is 18.4 Å². The molecule has 1 fully saturated rings. The fraction of sp³-hybridized carbons (Fsp3) is 0.500. The number of hydrogen-bond donors (Lipinski definition) is 1. The Morgan fingerprint density at radius 2 is 2.13 bits per heavy atom. The summed E-state index contributed by atoms with van der Waals surface area (Å²) in [5, 5.41) is 0. The van der Waals surface area contributed by atoms with E-state index in [0.29, 0.717) is 11.7 Å². The van der Waals surface area contributed by atoms with Gasteiger partial charge in [0.05, 0.1) is 7.11 Å². The molecule has 2 rings (SSSR count). The first-order chi connectivity index (χ1) is 7.05. The first-order valence-corrected chi connectivity index (χ1v) is 5.18. The maximum atomic E-state index is 13.2. The summed E-state index contributed by atoms with van der Waals surface area (Å²) in [6, 6.07) is 4.51. The summed E-state index contributed by atoms with van der Waals surface area (Å²) in [6.07, 6.45) is 2.24. The van der Waals surface area contributed by atoms with Crippen molar-refractivity contribution in [2.75, 3.05) is 7.11 Å². The fourth-order valence-electron chi connectivity index (χ4n) is 2.00. The fourth-order valence-corrected chi connectivity index (χ4v) is 2.00. The number of nitrogens with two attached hydrogens (primary N) is 1. The number of rotatable bonds is 3. The van der Waals surface area contributed by atoms with Crippen molar-refractivity contribution in [1.82, 2.24) is 0 Å². The van der Waals surface area contributed by atoms with Gasteiger partial charge < -0.3 is 10.5 Å². The van der Waals surface area contributed by atoms with Crippen molar-refractivity contribution >= 4 is 0 Å². The van der Waals surface area contributed by atoms with Gasteiger partial charge in [0.2, 0.25) is 0 Å². The second-order valence-corrected chi connectivity index (χ2v) is 4.40. The standard InChI is InChI=1S/C12H16FNO/c1-12(14,8-3-4-8)10-7-9(13)5-6-11(10)15-2/h5-8H,3-4,14H2,1-2H3. The lowest BCUT2D eigenvalue weighted by Gasteiger charge is -2.27. The SMILES string of the molecule is COc1ccc(F)cc1C(C)(N)C1CC1. The van der Waals surface area contributed by atoms with Crippen LogP contribution in [-0.2, 0) is 5.54 Å². The summed E-state index contributed by atoms with van der Waals surface area (Å²) in [7, 11) is 1.58. The van der Waals surface area contributed by atoms with Crippen molar-refractivity contribution in [2.24, 2.45) is 11.7 Å². The summed E-state index contributed by atoms with van der Waals surface area (Å²) in [5.74, 6) is 0.865. The van der Waals surface area contributed by atoms with E-state index in [4.69, 9.17) is 10.5 Å². The van der Waals surface area contributed by atoms with Gasteiger partial charge in [0, 0.05) is 11.1 Å². The van der Waals surface area contributed by atoms with Gasteiger partial charge in [0.15, 0.2) is 0 Å². The monoisotopic (exact) mass is 209 g/mol. The summed E-state index contributed by atoms with van der Waals surface area (Å²) in [6.45, 7) is 1.95. The molecular weight excluding hydrogens is 193 g/mol. The molecule has 82 valence electrons. The predicted octanol–water partition coefficient (Wildman–Crippen LogP) is 2.42. The van der Waals surface area contributed by atoms with Gasteiger partial charge in [-0.3, -0.25) is 0 Å². The van der Waals surface area contributed by atoms with Crippen LogP contribution in [0.3, 0.4) is 0 Å². The zero-order chi connectivity index (χ0) is 11.1. The Kier molecular flexibility index (Phi) is 2.43. The minimum absolute atomic E-state index is 0.261. The molecular formula is C12H16FNO. The van der Waals surface area contributed by atoms with Gasteiger partial charge >= 0.3 is 0 Å². The van der Waals surface area contributed by atoms with Gasteiger partial charge in [-0.05, 0) is 43.9 Å². The molecule has 0 saturated heterocycles. The molecule has 2 nitrogen and oxygen atoms in total. The van der Waals surface area contributed by atoms with Crippen molar-refractivity contribution in [1.29, 1.82) is 0 Å². The summed E-state index contributed by atoms with van der Waals surface area (Å²) >= 11 is 0. The molecule has 0 radical (unpaired) electrons. The quantitative estimate of drug-likeness (QED) is 0.829. The highest BCUT2D eigenvalue weighted by molar-refractivity contribution is 5.40. The van der Waals surface area contributed by atoms with Crippen LogP contribution in [0.15, 0.2) is 18.2 Å². The van der Waals surface area contributed by atoms with E-state index in [1.54, 1.807) is 13.2 Å². The molecule has 3 heteroatoms. The molecule has 0 aromatic heterocycles. The average Bonchev–Trinajstić information content (AvgIpc) is 3.01. The third-order valence-corrected chi connectivity index (χ3v) is 3.17. The Bertz CT molecular complexity index is 372. The zero-order valence-corrected chi connectivity index (χ0v) is 9.09. The minimum atomic E-state index is -0.479. The van der Waals surface area contributed by atoms with Crippen LogP contribution in [0.4, 0.5) is 4.39 Å². The van der Waals surface area contributed by atoms with Crippen LogP contribution < -0.4 is 10.5 Å². The van der Waals surface area contributed by atoms with Crippen LogP contribution >= 0.6 is 0 Å². The van der Waals surface area contributed by atoms with Gasteiger partial charge in [0.1, 0.15) is 11.6 Å². The molecule has 0 aliphatic heterocycles. The van der Waals surface area contributed by atoms with E-state index in [1.165, 1.54) is 12.1 Å². The van der Waals surface area contributed by atoms with Crippen LogP contribution in [0.5, 0.6) is 5.75 Å². The van der Waals surface area contributed by atoms with Crippen molar-refractivity contribution in [3.8, 4) is 5.75 Å². The van der Waals surface area contributed by atoms with E-state index in [2.05, 4.69) is 0 Å². The Labute approximate surface area is 89.2 Å². The van der Waals surface area contributed by atoms with Crippen LogP contribution in [0.25, 0.3) is 0 Å². The van der Waals surface area contributed by atoms with Gasteiger partial charge in [-0.1, -0.05) is 0 Å². The Hall–Kier alpha value is -1.09. The maximum absolute atomic E-state index is 13.2. The van der Waals surface area contributed by atoms with Crippen molar-refractivity contribution in [3.63, 3.8) is 0 Å². The lowest BCUT2D eigenvalue weighted by Crippen LogP contribution is -2.35. The van der Waals surface area contributed by atoms with E-state index in [-0.39, 0.29) is 5.82 Å². The van der Waals surface area contributed by atoms with Crippen molar-refractivity contribution in [2.45, 2.75) is 25.3 Å². The summed E-state index contributed by atoms with van der Waals surface area (Å²) < 4.78 is 18.4. The molecule has 1 aromatic rings. The Balaban J connectivity index is 2.44. The number of hydrogen-bond acceptors (Lipinski definition) is 2. The first kappa shape index (κ1) is 10.4. The average molecular weight is 209 g/mol. The molecule has 0 amide bonds. The summed E-state index contributed by atoms with van der Waals surface area (Å²) in [5.41, 5.74) is 6.53. The van der Waals surface area contributed by atoms with Crippen LogP contribution in [-0.4, -0.2) is 7.11 Å². The zero-order valence-electron chi connectivity index (χ0n) is 9.09. The minimum Gasteiger partial charge on any atom is -0.496 e. The molecule has 1 saturated carbocycles. The van der Waals surface area contributed by atoms with E-state index in [1.807, 2.05) is 6.92 Å². The Morgan fingerprint density at radius 3 is 2.67 bits per heavy atom. The van der Waals surface area contributed by atoms with Gasteiger partial charge in [-0.15, -0.1) is 0 Å². The molecule has 1 atom stereocenters. The molecule has 1 aromatic carbocycles. The third kappa shape index (κ3) is 1.84. The molecule has 15 heavy (non-hydrogen) atoms. The largest absolute Gasteiger partial charge is 0.496 e. The van der Waals surface area contributed by atoms with Gasteiger partial charge in [-0.25, -0.2) is 4.39 Å². The lowest BCUT2D eigenvalue weighted by molar-refractivity contribution is 0.366. The highest BCUT2D eigenvalue weighted by atomic mass is 19.1. The second-order valence-electron chi connectivity index (χ2n) is 4.40. The van der Waals surface area contributed by atoms with Crippen molar-refractivity contribution in [3.05, 3.63) is 29.6 Å². The second kappa shape index (κ2) is 3.49. The molecule has 0 heterocycles. The van der Waals surface area contributed by atoms with E-state index in [9.17, 15) is 4.39 Å². The van der Waals surface area contributed by atoms with Crippen molar-refractivity contribution < 1.29 is 9.13 Å².